The van der Waals surface area contributed by atoms with Crippen LogP contribution in [-0.2, 0) is 29.8 Å². The van der Waals surface area contributed by atoms with Crippen LogP contribution in [0.3, 0.4) is 0 Å². The molecule has 306 valence electrons. The minimum absolute atomic E-state index is 0.0266. The van der Waals surface area contributed by atoms with Crippen molar-refractivity contribution < 1.29 is 40.6 Å². The zero-order valence-corrected chi connectivity index (χ0v) is 36.1. The second-order valence-electron chi connectivity index (χ2n) is 12.1. The van der Waals surface area contributed by atoms with Gasteiger partial charge < -0.3 is 26.8 Å². The van der Waals surface area contributed by atoms with Crippen LogP contribution < -0.4 is 38.0 Å². The number of hydrogen-bond donors (Lipinski definition) is 10. The van der Waals surface area contributed by atoms with Crippen molar-refractivity contribution in [2.24, 2.45) is 10.8 Å². The standard InChI is InChI=1S/C36H30Br2N8O9S4/c37-27-13-19(14-28(38)32(27)47)18-40-44-33(48)31(41-24-10-7-20-3-1-2-4-23(20)15-24)34(49)45-46-36(57)43-26-12-9-22(30(17-26)59(53,54)55)6-5-21-8-11-25(42-35(39)56)16-29(21)58(50,51)52/h1-18,31,41,47H,(H,44,48)(H,45,49)(H3,39,42,56)(H2,43,46,57)(H,50,51,52)(H,53,54,55)/b6-5+,40-18+. The molecular formula is C36H30Br2N8O9S4. The molecule has 0 aliphatic carbocycles. The number of hydrogen-bond acceptors (Lipinski definition) is 11. The Morgan fingerprint density at radius 2 is 1.25 bits per heavy atom. The maximum Gasteiger partial charge on any atom is 0.295 e. The lowest BCUT2D eigenvalue weighted by Crippen LogP contribution is -2.54. The number of phenolic OH excluding ortho intramolecular Hbond substituents is 1. The zero-order valence-electron chi connectivity index (χ0n) is 29.7. The van der Waals surface area contributed by atoms with Gasteiger partial charge in [-0.3, -0.25) is 29.5 Å². The molecule has 1 unspecified atom stereocenters. The summed E-state index contributed by atoms with van der Waals surface area (Å²) in [7, 11) is -9.65. The van der Waals surface area contributed by atoms with E-state index in [0.29, 0.717) is 20.2 Å². The summed E-state index contributed by atoms with van der Waals surface area (Å²) in [5.74, 6) is -1.82. The molecule has 0 radical (unpaired) electrons. The summed E-state index contributed by atoms with van der Waals surface area (Å²) in [4.78, 5) is 25.7. The van der Waals surface area contributed by atoms with Gasteiger partial charge in [-0.2, -0.15) is 21.9 Å². The molecule has 59 heavy (non-hydrogen) atoms. The first kappa shape index (κ1) is 44.6. The van der Waals surface area contributed by atoms with Crippen LogP contribution in [0.2, 0.25) is 0 Å². The average Bonchev–Trinajstić information content (AvgIpc) is 3.16. The summed E-state index contributed by atoms with van der Waals surface area (Å²) in [6.07, 6.45) is 3.68. The molecule has 0 aliphatic rings. The van der Waals surface area contributed by atoms with Crippen molar-refractivity contribution in [3.05, 3.63) is 117 Å². The number of benzene rings is 5. The minimum Gasteiger partial charge on any atom is -0.506 e. The number of nitrogens with zero attached hydrogens (tertiary/aromatic N) is 1. The van der Waals surface area contributed by atoms with Gasteiger partial charge >= 0.3 is 0 Å². The monoisotopic (exact) mass is 1000 g/mol. The van der Waals surface area contributed by atoms with E-state index in [9.17, 15) is 40.6 Å². The highest BCUT2D eigenvalue weighted by Gasteiger charge is 2.27. The van der Waals surface area contributed by atoms with Gasteiger partial charge in [-0.15, -0.1) is 0 Å². The highest BCUT2D eigenvalue weighted by Crippen LogP contribution is 2.33. The van der Waals surface area contributed by atoms with Gasteiger partial charge in [0.1, 0.15) is 15.5 Å². The second kappa shape index (κ2) is 19.0. The van der Waals surface area contributed by atoms with E-state index in [1.54, 1.807) is 30.3 Å². The van der Waals surface area contributed by atoms with Crippen LogP contribution in [-0.4, -0.2) is 65.3 Å². The average molecular weight is 1010 g/mol. The van der Waals surface area contributed by atoms with Gasteiger partial charge in [0, 0.05) is 17.1 Å². The van der Waals surface area contributed by atoms with Crippen LogP contribution in [0, 0.1) is 0 Å². The number of carbonyl (C=O) groups is 2. The van der Waals surface area contributed by atoms with Crippen LogP contribution in [0.1, 0.15) is 16.7 Å². The van der Waals surface area contributed by atoms with E-state index < -0.39 is 47.9 Å². The number of rotatable bonds is 12. The Morgan fingerprint density at radius 1 is 0.712 bits per heavy atom. The van der Waals surface area contributed by atoms with E-state index >= 15 is 0 Å². The summed E-state index contributed by atoms with van der Waals surface area (Å²) < 4.78 is 69.5. The van der Waals surface area contributed by atoms with Gasteiger partial charge in [0.05, 0.1) is 15.2 Å². The third-order valence-electron chi connectivity index (χ3n) is 7.86. The summed E-state index contributed by atoms with van der Waals surface area (Å²) in [5, 5.41) is 23.3. The highest BCUT2D eigenvalue weighted by atomic mass is 79.9. The lowest BCUT2D eigenvalue weighted by atomic mass is 10.1. The summed E-state index contributed by atoms with van der Waals surface area (Å²) in [5.41, 5.74) is 13.5. The molecule has 0 fully saturated rings. The third kappa shape index (κ3) is 12.2. The first-order valence-corrected chi connectivity index (χ1v) is 21.7. The number of halogens is 2. The van der Waals surface area contributed by atoms with Gasteiger partial charge in [0.25, 0.3) is 32.1 Å². The third-order valence-corrected chi connectivity index (χ3v) is 11.2. The molecule has 1 atom stereocenters. The van der Waals surface area contributed by atoms with Crippen molar-refractivity contribution in [2.75, 3.05) is 16.0 Å². The predicted octanol–water partition coefficient (Wildman–Crippen LogP) is 5.34. The van der Waals surface area contributed by atoms with Crippen LogP contribution >= 0.6 is 56.3 Å². The van der Waals surface area contributed by atoms with Crippen molar-refractivity contribution >= 4 is 145 Å². The minimum atomic E-state index is -4.89. The van der Waals surface area contributed by atoms with E-state index in [1.807, 2.05) is 24.3 Å². The SMILES string of the molecule is NC(=S)Nc1ccc(/C=C/c2ccc(NC(=S)NNC(=O)C(Nc3ccc4ccccc4c3)C(=O)N/N=C/c3cc(Br)c(O)c(Br)c3)cc2S(=O)(=O)O)c(S(=O)(=O)O)c1. The zero-order chi connectivity index (χ0) is 43.1. The highest BCUT2D eigenvalue weighted by molar-refractivity contribution is 9.11. The van der Waals surface area contributed by atoms with Crippen molar-refractivity contribution in [1.82, 2.24) is 16.3 Å². The summed E-state index contributed by atoms with van der Waals surface area (Å²) >= 11 is 16.5. The number of aromatic hydroxyl groups is 1. The van der Waals surface area contributed by atoms with Crippen molar-refractivity contribution in [3.8, 4) is 5.75 Å². The lowest BCUT2D eigenvalue weighted by molar-refractivity contribution is -0.130. The largest absolute Gasteiger partial charge is 0.506 e. The van der Waals surface area contributed by atoms with Gasteiger partial charge in [-0.25, -0.2) is 5.43 Å². The molecule has 0 saturated carbocycles. The number of fused-ring (bicyclic) bond motifs is 1. The maximum atomic E-state index is 13.5. The first-order valence-electron chi connectivity index (χ1n) is 16.4. The maximum absolute atomic E-state index is 13.5. The number of phenols is 1. The number of thiocarbonyl (C=S) groups is 2. The Bertz CT molecular complexity index is 2770. The first-order chi connectivity index (χ1) is 27.8. The number of nitrogens with one attached hydrogen (secondary N) is 6. The molecule has 17 nitrogen and oxygen atoms in total. The molecule has 0 aromatic heterocycles. The molecule has 0 spiro atoms. The van der Waals surface area contributed by atoms with Crippen LogP contribution in [0.4, 0.5) is 17.1 Å². The van der Waals surface area contributed by atoms with Gasteiger partial charge in [-0.1, -0.05) is 54.6 Å². The van der Waals surface area contributed by atoms with E-state index in [-0.39, 0.29) is 38.5 Å². The molecule has 0 saturated heterocycles. The molecule has 5 aromatic carbocycles. The van der Waals surface area contributed by atoms with E-state index in [0.717, 1.165) is 22.9 Å². The quantitative estimate of drug-likeness (QED) is 0.0189. The molecule has 23 heteroatoms. The Kier molecular flexibility index (Phi) is 14.4. The fourth-order valence-corrected chi connectivity index (χ4v) is 8.14. The molecule has 5 aromatic rings. The Labute approximate surface area is 364 Å². The molecule has 0 heterocycles. The van der Waals surface area contributed by atoms with Crippen LogP contribution in [0.15, 0.2) is 115 Å². The van der Waals surface area contributed by atoms with E-state index in [2.05, 4.69) is 69.2 Å². The smallest absolute Gasteiger partial charge is 0.295 e. The lowest BCUT2D eigenvalue weighted by Gasteiger charge is -2.19. The summed E-state index contributed by atoms with van der Waals surface area (Å²) in [6.45, 7) is 0. The topological polar surface area (TPSA) is 274 Å². The fraction of sp³-hybridized carbons (Fsp3) is 0.0278. The molecule has 2 amide bonds. The van der Waals surface area contributed by atoms with Crippen LogP contribution in [0.25, 0.3) is 22.9 Å². The van der Waals surface area contributed by atoms with Crippen molar-refractivity contribution in [1.29, 1.82) is 0 Å². The normalized spacial score (nSPS) is 12.2. The van der Waals surface area contributed by atoms with Gasteiger partial charge in [-0.05, 0) is 132 Å². The van der Waals surface area contributed by atoms with Crippen LogP contribution in [0.5, 0.6) is 5.75 Å². The van der Waals surface area contributed by atoms with Crippen molar-refractivity contribution in [3.63, 3.8) is 0 Å². The fourth-order valence-electron chi connectivity index (χ4n) is 5.21. The number of hydrazine groups is 1. The Morgan fingerprint density at radius 3 is 1.81 bits per heavy atom. The second-order valence-corrected chi connectivity index (χ2v) is 17.4. The Balaban J connectivity index is 1.31. The molecule has 5 rings (SSSR count). The molecule has 0 aliphatic heterocycles. The van der Waals surface area contributed by atoms with Gasteiger partial charge in [0.2, 0.25) is 0 Å². The predicted molar refractivity (Wildman–Crippen MR) is 240 cm³/mol. The number of nitrogens with two attached hydrogens (primary N) is 1. The van der Waals surface area contributed by atoms with Crippen molar-refractivity contribution in [2.45, 2.75) is 15.8 Å². The number of hydrazone groups is 1. The molecular weight excluding hydrogens is 977 g/mol. The molecule has 0 bridgehead atoms. The summed E-state index contributed by atoms with van der Waals surface area (Å²) in [6, 6.07) is 21.6. The van der Waals surface area contributed by atoms with E-state index in [1.165, 1.54) is 42.6 Å². The number of amides is 2. The van der Waals surface area contributed by atoms with Gasteiger partial charge in [0.15, 0.2) is 16.3 Å². The Hall–Kier alpha value is -5.53. The number of anilines is 3. The molecule has 11 N–H and O–H groups in total. The van der Waals surface area contributed by atoms with E-state index in [4.69, 9.17) is 30.2 Å². The number of carbonyl (C=O) groups excluding carboxylic acids is 2.